The van der Waals surface area contributed by atoms with Crippen molar-refractivity contribution in [2.75, 3.05) is 13.1 Å². The molecule has 146 valence electrons. The molecule has 1 aromatic heterocycles. The van der Waals surface area contributed by atoms with Gasteiger partial charge in [-0.1, -0.05) is 34.5 Å². The molecular formula is C19H14Cl2F2N2O2S. The van der Waals surface area contributed by atoms with Crippen LogP contribution < -0.4 is 4.74 Å². The third-order valence-corrected chi connectivity index (χ3v) is 6.01. The second-order valence-corrected chi connectivity index (χ2v) is 8.28. The number of hydrogen-bond donors (Lipinski definition) is 0. The van der Waals surface area contributed by atoms with Gasteiger partial charge in [0.25, 0.3) is 11.1 Å². The molecule has 4 nitrogen and oxygen atoms in total. The van der Waals surface area contributed by atoms with E-state index in [4.69, 9.17) is 27.9 Å². The van der Waals surface area contributed by atoms with Crippen molar-refractivity contribution >= 4 is 50.7 Å². The van der Waals surface area contributed by atoms with Crippen molar-refractivity contribution in [2.24, 2.45) is 0 Å². The SMILES string of the molecule is O=C(c1cc(Cl)ccc1Cl)N1CCC(Oc2nc3c(F)cc(F)cc3s2)CC1. The van der Waals surface area contributed by atoms with Crippen molar-refractivity contribution in [3.8, 4) is 5.19 Å². The normalized spacial score (nSPS) is 15.2. The van der Waals surface area contributed by atoms with Crippen LogP contribution in [0.2, 0.25) is 10.0 Å². The van der Waals surface area contributed by atoms with E-state index in [0.717, 1.165) is 17.4 Å². The lowest BCUT2D eigenvalue weighted by atomic mass is 10.1. The van der Waals surface area contributed by atoms with Gasteiger partial charge in [-0.25, -0.2) is 8.78 Å². The third kappa shape index (κ3) is 3.92. The Kier molecular flexibility index (Phi) is 5.40. The number of fused-ring (bicyclic) bond motifs is 1. The standard InChI is InChI=1S/C19H14Cl2F2N2O2S/c20-10-1-2-14(21)13(7-10)18(26)25-5-3-12(4-6-25)27-19-24-17-15(23)8-11(22)9-16(17)28-19/h1-2,7-9,12H,3-6H2. The number of ether oxygens (including phenoxy) is 1. The molecule has 0 unspecified atom stereocenters. The van der Waals surface area contributed by atoms with Gasteiger partial charge in [0.1, 0.15) is 17.4 Å². The number of thiazole rings is 1. The molecule has 0 bridgehead atoms. The number of nitrogens with zero attached hydrogens (tertiary/aromatic N) is 2. The molecule has 1 fully saturated rings. The van der Waals surface area contributed by atoms with E-state index in [0.29, 0.717) is 51.4 Å². The Balaban J connectivity index is 1.41. The molecule has 0 spiro atoms. The Morgan fingerprint density at radius 3 is 2.68 bits per heavy atom. The van der Waals surface area contributed by atoms with Gasteiger partial charge in [-0.3, -0.25) is 4.79 Å². The predicted octanol–water partition coefficient (Wildman–Crippen LogP) is 5.56. The second-order valence-electron chi connectivity index (χ2n) is 6.45. The van der Waals surface area contributed by atoms with E-state index in [1.165, 1.54) is 6.07 Å². The molecule has 2 aromatic carbocycles. The molecular weight excluding hydrogens is 429 g/mol. The van der Waals surface area contributed by atoms with Crippen LogP contribution in [0.15, 0.2) is 30.3 Å². The number of halogens is 4. The summed E-state index contributed by atoms with van der Waals surface area (Å²) in [5.74, 6) is -1.53. The van der Waals surface area contributed by atoms with Gasteiger partial charge in [0, 0.05) is 37.0 Å². The molecule has 2 heterocycles. The molecule has 0 N–H and O–H groups in total. The Morgan fingerprint density at radius 1 is 1.18 bits per heavy atom. The van der Waals surface area contributed by atoms with Crippen LogP contribution in [-0.2, 0) is 0 Å². The number of aromatic nitrogens is 1. The molecule has 1 aliphatic rings. The Hall–Kier alpha value is -1.96. The van der Waals surface area contributed by atoms with Gasteiger partial charge in [0.2, 0.25) is 0 Å². The predicted molar refractivity (Wildman–Crippen MR) is 106 cm³/mol. The molecule has 28 heavy (non-hydrogen) atoms. The summed E-state index contributed by atoms with van der Waals surface area (Å²) in [5.41, 5.74) is 0.474. The molecule has 1 amide bonds. The largest absolute Gasteiger partial charge is 0.467 e. The van der Waals surface area contributed by atoms with Gasteiger partial charge in [0.05, 0.1) is 15.3 Å². The van der Waals surface area contributed by atoms with E-state index in [2.05, 4.69) is 4.98 Å². The topological polar surface area (TPSA) is 42.4 Å². The van der Waals surface area contributed by atoms with E-state index < -0.39 is 11.6 Å². The van der Waals surface area contributed by atoms with Crippen molar-refractivity contribution in [2.45, 2.75) is 18.9 Å². The maximum absolute atomic E-state index is 13.8. The van der Waals surface area contributed by atoms with Gasteiger partial charge in [-0.15, -0.1) is 0 Å². The number of rotatable bonds is 3. The number of carbonyl (C=O) groups excluding carboxylic acids is 1. The van der Waals surface area contributed by atoms with Crippen LogP contribution >= 0.6 is 34.5 Å². The zero-order valence-electron chi connectivity index (χ0n) is 14.4. The minimum Gasteiger partial charge on any atom is -0.467 e. The van der Waals surface area contributed by atoms with Gasteiger partial charge >= 0.3 is 0 Å². The lowest BCUT2D eigenvalue weighted by Gasteiger charge is -2.31. The van der Waals surface area contributed by atoms with Crippen LogP contribution in [0.5, 0.6) is 5.19 Å². The van der Waals surface area contributed by atoms with Crippen molar-refractivity contribution in [1.82, 2.24) is 9.88 Å². The number of piperidine rings is 1. The summed E-state index contributed by atoms with van der Waals surface area (Å²) in [6.45, 7) is 0.973. The molecule has 0 aliphatic carbocycles. The molecule has 4 rings (SSSR count). The highest BCUT2D eigenvalue weighted by molar-refractivity contribution is 7.20. The molecule has 9 heteroatoms. The number of benzene rings is 2. The molecule has 0 radical (unpaired) electrons. The minimum atomic E-state index is -0.708. The quantitative estimate of drug-likeness (QED) is 0.532. The monoisotopic (exact) mass is 442 g/mol. The second kappa shape index (κ2) is 7.81. The van der Waals surface area contributed by atoms with Gasteiger partial charge in [-0.2, -0.15) is 4.98 Å². The fraction of sp³-hybridized carbons (Fsp3) is 0.263. The summed E-state index contributed by atoms with van der Waals surface area (Å²) in [4.78, 5) is 18.5. The molecule has 0 atom stereocenters. The van der Waals surface area contributed by atoms with Crippen molar-refractivity contribution in [3.05, 3.63) is 57.6 Å². The van der Waals surface area contributed by atoms with E-state index in [9.17, 15) is 13.6 Å². The summed E-state index contributed by atoms with van der Waals surface area (Å²) in [5, 5.41) is 1.10. The number of likely N-dealkylation sites (tertiary alicyclic amines) is 1. The Bertz CT molecular complexity index is 1050. The first-order chi connectivity index (χ1) is 13.4. The zero-order chi connectivity index (χ0) is 19.8. The highest BCUT2D eigenvalue weighted by Gasteiger charge is 2.27. The fourth-order valence-electron chi connectivity index (χ4n) is 3.14. The Morgan fingerprint density at radius 2 is 1.93 bits per heavy atom. The number of amides is 1. The molecule has 1 saturated heterocycles. The molecule has 1 aliphatic heterocycles. The van der Waals surface area contributed by atoms with Crippen molar-refractivity contribution in [1.29, 1.82) is 0 Å². The first kappa shape index (κ1) is 19.4. The first-order valence-corrected chi connectivity index (χ1v) is 10.1. The van der Waals surface area contributed by atoms with Crippen LogP contribution in [0.4, 0.5) is 8.78 Å². The fourth-order valence-corrected chi connectivity index (χ4v) is 4.43. The minimum absolute atomic E-state index is 0.101. The highest BCUT2D eigenvalue weighted by atomic mass is 35.5. The van der Waals surface area contributed by atoms with Crippen LogP contribution in [-0.4, -0.2) is 35.0 Å². The average Bonchev–Trinajstić information content (AvgIpc) is 3.06. The van der Waals surface area contributed by atoms with Crippen molar-refractivity contribution in [3.63, 3.8) is 0 Å². The summed E-state index contributed by atoms with van der Waals surface area (Å²) in [7, 11) is 0. The maximum Gasteiger partial charge on any atom is 0.274 e. The average molecular weight is 443 g/mol. The summed E-state index contributed by atoms with van der Waals surface area (Å²) >= 11 is 13.2. The van der Waals surface area contributed by atoms with Crippen LogP contribution in [0, 0.1) is 11.6 Å². The summed E-state index contributed by atoms with van der Waals surface area (Å²) < 4.78 is 33.3. The molecule has 0 saturated carbocycles. The summed E-state index contributed by atoms with van der Waals surface area (Å²) in [6.07, 6.45) is 1.03. The van der Waals surface area contributed by atoms with E-state index in [1.54, 1.807) is 23.1 Å². The van der Waals surface area contributed by atoms with Crippen LogP contribution in [0.3, 0.4) is 0 Å². The zero-order valence-corrected chi connectivity index (χ0v) is 16.8. The van der Waals surface area contributed by atoms with E-state index in [1.807, 2.05) is 0 Å². The summed E-state index contributed by atoms with van der Waals surface area (Å²) in [6, 6.07) is 6.83. The first-order valence-electron chi connectivity index (χ1n) is 8.57. The van der Waals surface area contributed by atoms with Crippen LogP contribution in [0.1, 0.15) is 23.2 Å². The van der Waals surface area contributed by atoms with E-state index in [-0.39, 0.29) is 17.5 Å². The molecule has 3 aromatic rings. The lowest BCUT2D eigenvalue weighted by Crippen LogP contribution is -2.41. The van der Waals surface area contributed by atoms with Gasteiger partial charge < -0.3 is 9.64 Å². The highest BCUT2D eigenvalue weighted by Crippen LogP contribution is 2.32. The maximum atomic E-state index is 13.8. The van der Waals surface area contributed by atoms with Gasteiger partial charge in [0.15, 0.2) is 5.82 Å². The number of carbonyl (C=O) groups is 1. The lowest BCUT2D eigenvalue weighted by molar-refractivity contribution is 0.0595. The number of hydrogen-bond acceptors (Lipinski definition) is 4. The van der Waals surface area contributed by atoms with Crippen molar-refractivity contribution < 1.29 is 18.3 Å². The Labute approximate surface area is 173 Å². The smallest absolute Gasteiger partial charge is 0.274 e. The van der Waals surface area contributed by atoms with Gasteiger partial charge in [-0.05, 0) is 24.3 Å². The van der Waals surface area contributed by atoms with Crippen LogP contribution in [0.25, 0.3) is 10.2 Å². The van der Waals surface area contributed by atoms with E-state index >= 15 is 0 Å². The third-order valence-electron chi connectivity index (χ3n) is 4.55.